The topological polar surface area (TPSA) is 96.6 Å². The quantitative estimate of drug-likeness (QED) is 0.634. The molecule has 9 nitrogen and oxygen atoms in total. The van der Waals surface area contributed by atoms with Gasteiger partial charge in [0, 0.05) is 74.8 Å². The average Bonchev–Trinajstić information content (AvgIpc) is 3.36. The van der Waals surface area contributed by atoms with Crippen LogP contribution in [0, 0.1) is 11.3 Å². The number of piperazine rings is 1. The number of halogens is 1. The van der Waals surface area contributed by atoms with Crippen molar-refractivity contribution in [3.05, 3.63) is 42.0 Å². The lowest BCUT2D eigenvalue weighted by atomic mass is 10.1. The number of rotatable bonds is 7. The highest BCUT2D eigenvalue weighted by Crippen LogP contribution is 2.27. The fourth-order valence-electron chi connectivity index (χ4n) is 4.88. The van der Waals surface area contributed by atoms with E-state index in [1.807, 2.05) is 11.1 Å². The second-order valence-corrected chi connectivity index (χ2v) is 9.49. The van der Waals surface area contributed by atoms with Crippen molar-refractivity contribution >= 4 is 17.5 Å². The van der Waals surface area contributed by atoms with Gasteiger partial charge in [0.1, 0.15) is 18.1 Å². The van der Waals surface area contributed by atoms with Gasteiger partial charge in [0.15, 0.2) is 0 Å². The molecule has 3 aliphatic rings. The molecule has 1 N–H and O–H groups in total. The summed E-state index contributed by atoms with van der Waals surface area (Å²) in [5.41, 5.74) is 4.00. The Hall–Kier alpha value is -3.42. The predicted molar refractivity (Wildman–Crippen MR) is 139 cm³/mol. The van der Waals surface area contributed by atoms with Crippen molar-refractivity contribution < 1.29 is 4.39 Å². The Balaban J connectivity index is 1.23. The number of pyridine rings is 1. The van der Waals surface area contributed by atoms with Gasteiger partial charge < -0.3 is 15.1 Å². The first-order valence-electron chi connectivity index (χ1n) is 12.7. The van der Waals surface area contributed by atoms with E-state index in [4.69, 9.17) is 4.99 Å². The van der Waals surface area contributed by atoms with E-state index in [1.165, 1.54) is 5.71 Å². The van der Waals surface area contributed by atoms with Crippen LogP contribution in [0.15, 0.2) is 41.4 Å². The van der Waals surface area contributed by atoms with Crippen LogP contribution in [0.3, 0.4) is 0 Å². The molecule has 0 aliphatic carbocycles. The van der Waals surface area contributed by atoms with Crippen LogP contribution in [0.4, 0.5) is 16.2 Å². The summed E-state index contributed by atoms with van der Waals surface area (Å²) in [7, 11) is 0. The van der Waals surface area contributed by atoms with Crippen LogP contribution in [0.5, 0.6) is 0 Å². The Morgan fingerprint density at radius 3 is 2.67 bits per heavy atom. The molecule has 2 aromatic heterocycles. The van der Waals surface area contributed by atoms with Crippen molar-refractivity contribution in [1.82, 2.24) is 24.8 Å². The molecule has 2 fully saturated rings. The lowest BCUT2D eigenvalue weighted by Crippen LogP contribution is -2.47. The SMILES string of the molecule is CCN1CCN(CC2=NC=C(Nc3nccc(-c4cnc(N5CC[C@H](F)C5)c(C#N)c4)n3)CC2)CC1. The first kappa shape index (κ1) is 24.3. The predicted octanol–water partition coefficient (Wildman–Crippen LogP) is 3.08. The van der Waals surface area contributed by atoms with E-state index < -0.39 is 6.17 Å². The highest BCUT2D eigenvalue weighted by atomic mass is 19.1. The summed E-state index contributed by atoms with van der Waals surface area (Å²) in [5.74, 6) is 1.01. The molecule has 0 saturated carbocycles. The van der Waals surface area contributed by atoms with Crippen LogP contribution in [0.25, 0.3) is 11.3 Å². The molecule has 0 spiro atoms. The standard InChI is InChI=1S/C26H32FN9/c1-2-34-9-11-35(12-10-34)18-23-4-3-22(16-30-23)32-26-29-7-5-24(33-26)20-13-19(14-28)25(31-15-20)36-8-6-21(27)17-36/h5,7,13,15-16,21H,2-4,6,8-12,17-18H2,1H3,(H,29,32,33)/t21-/m0/s1. The zero-order chi connectivity index (χ0) is 24.9. The van der Waals surface area contributed by atoms with Crippen molar-refractivity contribution in [3.63, 3.8) is 0 Å². The number of likely N-dealkylation sites (N-methyl/N-ethyl adjacent to an activating group) is 1. The molecule has 0 unspecified atom stereocenters. The van der Waals surface area contributed by atoms with Crippen molar-refractivity contribution in [2.75, 3.05) is 62.6 Å². The van der Waals surface area contributed by atoms with E-state index in [0.29, 0.717) is 36.0 Å². The minimum absolute atomic E-state index is 0.275. The number of allylic oxidation sites excluding steroid dienone is 1. The number of nitrogens with one attached hydrogen (secondary N) is 1. The fourth-order valence-corrected chi connectivity index (χ4v) is 4.88. The number of nitrogens with zero attached hydrogens (tertiary/aromatic N) is 8. The van der Waals surface area contributed by atoms with E-state index in [1.54, 1.807) is 24.5 Å². The lowest BCUT2D eigenvalue weighted by molar-refractivity contribution is 0.151. The number of nitriles is 1. The summed E-state index contributed by atoms with van der Waals surface area (Å²) in [6.45, 7) is 9.57. The maximum absolute atomic E-state index is 13.6. The number of hydrogen-bond acceptors (Lipinski definition) is 9. The third kappa shape index (κ3) is 5.69. The van der Waals surface area contributed by atoms with Crippen LogP contribution in [0.1, 0.15) is 31.7 Å². The fraction of sp³-hybridized carbons (Fsp3) is 0.500. The van der Waals surface area contributed by atoms with E-state index in [0.717, 1.165) is 63.4 Å². The molecular formula is C26H32FN9. The number of hydrogen-bond donors (Lipinski definition) is 1. The summed E-state index contributed by atoms with van der Waals surface area (Å²) in [6, 6.07) is 5.75. The zero-order valence-corrected chi connectivity index (χ0v) is 20.7. The van der Waals surface area contributed by atoms with Crippen LogP contribution in [-0.4, -0.2) is 89.0 Å². The minimum Gasteiger partial charge on any atom is -0.352 e. The summed E-state index contributed by atoms with van der Waals surface area (Å²) in [4.78, 5) is 25.0. The van der Waals surface area contributed by atoms with Crippen LogP contribution in [-0.2, 0) is 0 Å². The molecule has 3 aliphatic heterocycles. The van der Waals surface area contributed by atoms with Gasteiger partial charge >= 0.3 is 0 Å². The van der Waals surface area contributed by atoms with Gasteiger partial charge in [0.25, 0.3) is 0 Å². The first-order chi connectivity index (χ1) is 17.6. The van der Waals surface area contributed by atoms with E-state index in [9.17, 15) is 9.65 Å². The molecule has 10 heteroatoms. The van der Waals surface area contributed by atoms with Gasteiger partial charge in [-0.15, -0.1) is 0 Å². The molecule has 188 valence electrons. The van der Waals surface area contributed by atoms with Crippen LogP contribution >= 0.6 is 0 Å². The van der Waals surface area contributed by atoms with E-state index in [-0.39, 0.29) is 6.54 Å². The van der Waals surface area contributed by atoms with Gasteiger partial charge in [-0.3, -0.25) is 9.89 Å². The van der Waals surface area contributed by atoms with Crippen molar-refractivity contribution in [2.24, 2.45) is 4.99 Å². The Kier molecular flexibility index (Phi) is 7.49. The van der Waals surface area contributed by atoms with E-state index in [2.05, 4.69) is 43.1 Å². The first-order valence-corrected chi connectivity index (χ1v) is 12.7. The highest BCUT2D eigenvalue weighted by molar-refractivity contribution is 5.88. The number of aliphatic imine (C=N–C) groups is 1. The lowest BCUT2D eigenvalue weighted by Gasteiger charge is -2.34. The molecule has 0 amide bonds. The molecule has 0 bridgehead atoms. The van der Waals surface area contributed by atoms with Crippen LogP contribution in [0.2, 0.25) is 0 Å². The summed E-state index contributed by atoms with van der Waals surface area (Å²) < 4.78 is 13.6. The molecule has 36 heavy (non-hydrogen) atoms. The van der Waals surface area contributed by atoms with Gasteiger partial charge in [-0.2, -0.15) is 5.26 Å². The molecule has 0 radical (unpaired) electrons. The van der Waals surface area contributed by atoms with Crippen LogP contribution < -0.4 is 10.2 Å². The zero-order valence-electron chi connectivity index (χ0n) is 20.7. The van der Waals surface area contributed by atoms with Crippen molar-refractivity contribution in [2.45, 2.75) is 32.4 Å². The molecule has 2 aromatic rings. The number of aromatic nitrogens is 3. The normalized spacial score (nSPS) is 21.1. The third-order valence-electron chi connectivity index (χ3n) is 7.05. The molecule has 5 heterocycles. The molecule has 0 aromatic carbocycles. The van der Waals surface area contributed by atoms with Crippen molar-refractivity contribution in [3.8, 4) is 17.3 Å². The van der Waals surface area contributed by atoms with Gasteiger partial charge in [-0.1, -0.05) is 6.92 Å². The minimum atomic E-state index is -0.875. The Morgan fingerprint density at radius 1 is 1.14 bits per heavy atom. The Bertz CT molecular complexity index is 1180. The summed E-state index contributed by atoms with van der Waals surface area (Å²) in [5, 5.41) is 12.9. The largest absolute Gasteiger partial charge is 0.352 e. The number of alkyl halides is 1. The molecule has 2 saturated heterocycles. The Labute approximate surface area is 211 Å². The molecule has 1 atom stereocenters. The average molecular weight is 490 g/mol. The maximum Gasteiger partial charge on any atom is 0.227 e. The second-order valence-electron chi connectivity index (χ2n) is 9.49. The Morgan fingerprint density at radius 2 is 1.97 bits per heavy atom. The van der Waals surface area contributed by atoms with Gasteiger partial charge in [-0.05, 0) is 37.9 Å². The molecular weight excluding hydrogens is 457 g/mol. The monoisotopic (exact) mass is 489 g/mol. The smallest absolute Gasteiger partial charge is 0.227 e. The second kappa shape index (κ2) is 11.1. The summed E-state index contributed by atoms with van der Waals surface area (Å²) >= 11 is 0. The van der Waals surface area contributed by atoms with E-state index >= 15 is 0 Å². The number of anilines is 2. The maximum atomic E-state index is 13.6. The summed E-state index contributed by atoms with van der Waals surface area (Å²) in [6.07, 6.45) is 6.63. The molecule has 5 rings (SSSR count). The van der Waals surface area contributed by atoms with Gasteiger partial charge in [0.2, 0.25) is 5.95 Å². The van der Waals surface area contributed by atoms with Gasteiger partial charge in [0.05, 0.1) is 17.8 Å². The highest BCUT2D eigenvalue weighted by Gasteiger charge is 2.25. The van der Waals surface area contributed by atoms with Gasteiger partial charge in [-0.25, -0.2) is 19.3 Å². The third-order valence-corrected chi connectivity index (χ3v) is 7.05. The van der Waals surface area contributed by atoms with Crippen molar-refractivity contribution in [1.29, 1.82) is 5.26 Å².